The van der Waals surface area contributed by atoms with Crippen LogP contribution >= 0.6 is 0 Å². The third-order valence-corrected chi connectivity index (χ3v) is 3.84. The number of aromatic nitrogens is 2. The van der Waals surface area contributed by atoms with Crippen LogP contribution in [0.5, 0.6) is 0 Å². The second-order valence-electron chi connectivity index (χ2n) is 5.16. The fraction of sp³-hybridized carbons (Fsp3) is 0.375. The summed E-state index contributed by atoms with van der Waals surface area (Å²) in [5, 5.41) is 9.46. The molecule has 1 saturated heterocycles. The Morgan fingerprint density at radius 3 is 2.50 bits per heavy atom. The number of piperidine rings is 1. The SMILES string of the molecule is OCC1CCCCN1c1ncc(-c2ccccc2)cn1. The van der Waals surface area contributed by atoms with Crippen LogP contribution in [0.2, 0.25) is 0 Å². The lowest BCUT2D eigenvalue weighted by Crippen LogP contribution is -2.42. The quantitative estimate of drug-likeness (QED) is 0.930. The molecule has 1 atom stereocenters. The molecule has 1 aromatic heterocycles. The summed E-state index contributed by atoms with van der Waals surface area (Å²) in [4.78, 5) is 11.1. The number of benzene rings is 1. The standard InChI is InChI=1S/C16H19N3O/c20-12-15-8-4-5-9-19(15)16-17-10-14(11-18-16)13-6-2-1-3-7-13/h1-3,6-7,10-11,15,20H,4-5,8-9,12H2. The van der Waals surface area contributed by atoms with E-state index in [1.54, 1.807) is 0 Å². The summed E-state index contributed by atoms with van der Waals surface area (Å²) >= 11 is 0. The van der Waals surface area contributed by atoms with Crippen molar-refractivity contribution in [2.24, 2.45) is 0 Å². The molecular weight excluding hydrogens is 250 g/mol. The average Bonchev–Trinajstić information content (AvgIpc) is 2.56. The Morgan fingerprint density at radius 1 is 1.05 bits per heavy atom. The van der Waals surface area contributed by atoms with E-state index in [0.717, 1.165) is 36.5 Å². The predicted molar refractivity (Wildman–Crippen MR) is 79.5 cm³/mol. The fourth-order valence-electron chi connectivity index (χ4n) is 2.70. The van der Waals surface area contributed by atoms with E-state index < -0.39 is 0 Å². The van der Waals surface area contributed by atoms with Gasteiger partial charge in [-0.25, -0.2) is 9.97 Å². The number of nitrogens with zero attached hydrogens (tertiary/aromatic N) is 3. The van der Waals surface area contributed by atoms with E-state index in [9.17, 15) is 5.11 Å². The first-order chi connectivity index (χ1) is 9.88. The molecule has 0 spiro atoms. The maximum atomic E-state index is 9.46. The zero-order valence-corrected chi connectivity index (χ0v) is 11.4. The molecule has 2 heterocycles. The summed E-state index contributed by atoms with van der Waals surface area (Å²) in [5.74, 6) is 0.725. The molecule has 0 aliphatic carbocycles. The Bertz CT molecular complexity index is 541. The van der Waals surface area contributed by atoms with Gasteiger partial charge in [-0.15, -0.1) is 0 Å². The Hall–Kier alpha value is -1.94. The lowest BCUT2D eigenvalue weighted by Gasteiger charge is -2.34. The van der Waals surface area contributed by atoms with Gasteiger partial charge in [0, 0.05) is 24.5 Å². The highest BCUT2D eigenvalue weighted by molar-refractivity contribution is 5.61. The highest BCUT2D eigenvalue weighted by Crippen LogP contribution is 2.23. The number of rotatable bonds is 3. The Kier molecular flexibility index (Phi) is 3.92. The van der Waals surface area contributed by atoms with Crippen LogP contribution in [0.25, 0.3) is 11.1 Å². The number of anilines is 1. The minimum Gasteiger partial charge on any atom is -0.394 e. The largest absolute Gasteiger partial charge is 0.394 e. The van der Waals surface area contributed by atoms with Crippen LogP contribution in [-0.2, 0) is 0 Å². The van der Waals surface area contributed by atoms with Gasteiger partial charge in [-0.3, -0.25) is 0 Å². The minimum atomic E-state index is 0.159. The lowest BCUT2D eigenvalue weighted by molar-refractivity contribution is 0.239. The molecule has 1 unspecified atom stereocenters. The lowest BCUT2D eigenvalue weighted by atomic mass is 10.0. The van der Waals surface area contributed by atoms with E-state index in [4.69, 9.17) is 0 Å². The molecule has 104 valence electrons. The third kappa shape index (κ3) is 2.65. The molecule has 0 radical (unpaired) electrons. The molecular formula is C16H19N3O. The third-order valence-electron chi connectivity index (χ3n) is 3.84. The number of hydrogen-bond donors (Lipinski definition) is 1. The summed E-state index contributed by atoms with van der Waals surface area (Å²) in [6.45, 7) is 1.10. The van der Waals surface area contributed by atoms with E-state index in [1.165, 1.54) is 6.42 Å². The van der Waals surface area contributed by atoms with E-state index in [-0.39, 0.29) is 12.6 Å². The molecule has 4 nitrogen and oxygen atoms in total. The number of hydrogen-bond acceptors (Lipinski definition) is 4. The Balaban J connectivity index is 1.82. The van der Waals surface area contributed by atoms with E-state index in [0.29, 0.717) is 0 Å². The summed E-state index contributed by atoms with van der Waals surface area (Å²) in [6.07, 6.45) is 7.05. The minimum absolute atomic E-state index is 0.159. The van der Waals surface area contributed by atoms with Gasteiger partial charge in [0.2, 0.25) is 5.95 Å². The van der Waals surface area contributed by atoms with Gasteiger partial charge in [0.1, 0.15) is 0 Å². The first-order valence-electron chi connectivity index (χ1n) is 7.13. The molecule has 1 N–H and O–H groups in total. The van der Waals surface area contributed by atoms with E-state index >= 15 is 0 Å². The fourth-order valence-corrected chi connectivity index (χ4v) is 2.70. The van der Waals surface area contributed by atoms with E-state index in [2.05, 4.69) is 27.0 Å². The average molecular weight is 269 g/mol. The van der Waals surface area contributed by atoms with Gasteiger partial charge in [0.25, 0.3) is 0 Å². The molecule has 0 bridgehead atoms. The van der Waals surface area contributed by atoms with Crippen molar-refractivity contribution in [2.75, 3.05) is 18.1 Å². The van der Waals surface area contributed by atoms with Crippen molar-refractivity contribution in [3.8, 4) is 11.1 Å². The van der Waals surface area contributed by atoms with Gasteiger partial charge in [0.15, 0.2) is 0 Å². The zero-order chi connectivity index (χ0) is 13.8. The molecule has 20 heavy (non-hydrogen) atoms. The van der Waals surface area contributed by atoms with Gasteiger partial charge >= 0.3 is 0 Å². The summed E-state index contributed by atoms with van der Waals surface area (Å²) in [6, 6.07) is 10.3. The first kappa shape index (κ1) is 13.1. The second-order valence-corrected chi connectivity index (χ2v) is 5.16. The van der Waals surface area contributed by atoms with Crippen LogP contribution in [0.4, 0.5) is 5.95 Å². The summed E-state index contributed by atoms with van der Waals surface area (Å²) in [7, 11) is 0. The number of aliphatic hydroxyl groups excluding tert-OH is 1. The van der Waals surface area contributed by atoms with Crippen molar-refractivity contribution < 1.29 is 5.11 Å². The molecule has 0 amide bonds. The van der Waals surface area contributed by atoms with Gasteiger partial charge in [0.05, 0.1) is 12.6 Å². The van der Waals surface area contributed by atoms with Crippen LogP contribution in [0.3, 0.4) is 0 Å². The molecule has 3 rings (SSSR count). The van der Waals surface area contributed by atoms with Crippen LogP contribution in [0.15, 0.2) is 42.7 Å². The highest BCUT2D eigenvalue weighted by Gasteiger charge is 2.23. The van der Waals surface area contributed by atoms with Gasteiger partial charge in [-0.2, -0.15) is 0 Å². The first-order valence-corrected chi connectivity index (χ1v) is 7.13. The van der Waals surface area contributed by atoms with Gasteiger partial charge in [-0.1, -0.05) is 30.3 Å². The molecule has 0 saturated carbocycles. The topological polar surface area (TPSA) is 49.2 Å². The highest BCUT2D eigenvalue weighted by atomic mass is 16.3. The van der Waals surface area contributed by atoms with Gasteiger partial charge in [-0.05, 0) is 24.8 Å². The predicted octanol–water partition coefficient (Wildman–Crippen LogP) is 2.49. The Morgan fingerprint density at radius 2 is 1.80 bits per heavy atom. The van der Waals surface area contributed by atoms with Crippen LogP contribution in [-0.4, -0.2) is 34.3 Å². The van der Waals surface area contributed by atoms with Crippen LogP contribution in [0, 0.1) is 0 Å². The van der Waals surface area contributed by atoms with Crippen molar-refractivity contribution in [1.29, 1.82) is 0 Å². The molecule has 1 fully saturated rings. The van der Waals surface area contributed by atoms with Crippen molar-refractivity contribution >= 4 is 5.95 Å². The molecule has 1 aliphatic rings. The summed E-state index contributed by atoms with van der Waals surface area (Å²) in [5.41, 5.74) is 2.14. The van der Waals surface area contributed by atoms with Crippen molar-refractivity contribution in [3.05, 3.63) is 42.7 Å². The van der Waals surface area contributed by atoms with Gasteiger partial charge < -0.3 is 10.0 Å². The second kappa shape index (κ2) is 6.01. The Labute approximate surface area is 119 Å². The normalized spacial score (nSPS) is 19.1. The molecule has 2 aromatic rings. The number of aliphatic hydroxyl groups is 1. The van der Waals surface area contributed by atoms with Crippen molar-refractivity contribution in [2.45, 2.75) is 25.3 Å². The maximum absolute atomic E-state index is 9.46. The zero-order valence-electron chi connectivity index (χ0n) is 11.4. The monoisotopic (exact) mass is 269 g/mol. The van der Waals surface area contributed by atoms with E-state index in [1.807, 2.05) is 30.6 Å². The summed E-state index contributed by atoms with van der Waals surface area (Å²) < 4.78 is 0. The van der Waals surface area contributed by atoms with Crippen LogP contribution < -0.4 is 4.90 Å². The van der Waals surface area contributed by atoms with Crippen LogP contribution in [0.1, 0.15) is 19.3 Å². The van der Waals surface area contributed by atoms with Crippen molar-refractivity contribution in [1.82, 2.24) is 9.97 Å². The molecule has 1 aromatic carbocycles. The van der Waals surface area contributed by atoms with Crippen molar-refractivity contribution in [3.63, 3.8) is 0 Å². The molecule has 1 aliphatic heterocycles. The smallest absolute Gasteiger partial charge is 0.225 e. The molecule has 4 heteroatoms. The maximum Gasteiger partial charge on any atom is 0.225 e.